The average molecular weight is 408 g/mol. The summed E-state index contributed by atoms with van der Waals surface area (Å²) in [5.74, 6) is -0.693. The molecule has 154 valence electrons. The summed E-state index contributed by atoms with van der Waals surface area (Å²) < 4.78 is 16.0. The third-order valence-corrected chi connectivity index (χ3v) is 4.71. The summed E-state index contributed by atoms with van der Waals surface area (Å²) >= 11 is 0. The van der Waals surface area contributed by atoms with Crippen LogP contribution in [0.3, 0.4) is 0 Å². The molecule has 1 amide bonds. The molecular weight excluding hydrogens is 388 g/mol. The van der Waals surface area contributed by atoms with E-state index in [2.05, 4.69) is 5.16 Å². The third-order valence-electron chi connectivity index (χ3n) is 4.71. The van der Waals surface area contributed by atoms with E-state index in [4.69, 9.17) is 13.7 Å². The lowest BCUT2D eigenvalue weighted by molar-refractivity contribution is -0.117. The van der Waals surface area contributed by atoms with Gasteiger partial charge in [-0.2, -0.15) is 0 Å². The summed E-state index contributed by atoms with van der Waals surface area (Å²) in [6.45, 7) is 4.21. The van der Waals surface area contributed by atoms with Gasteiger partial charge >= 0.3 is 0 Å². The minimum atomic E-state index is -0.926. The second-order valence-electron chi connectivity index (χ2n) is 6.86. The number of ether oxygens (including phenoxy) is 1. The number of aliphatic hydroxyl groups excluding tert-OH is 1. The van der Waals surface area contributed by atoms with Crippen LogP contribution in [0.2, 0.25) is 0 Å². The molecule has 0 unspecified atom stereocenters. The molecule has 4 rings (SSSR count). The Morgan fingerprint density at radius 1 is 1.27 bits per heavy atom. The molecular formula is C22H20N2O6. The Labute approximate surface area is 172 Å². The molecule has 30 heavy (non-hydrogen) atoms. The fourth-order valence-corrected chi connectivity index (χ4v) is 3.39. The van der Waals surface area contributed by atoms with Crippen LogP contribution < -0.4 is 9.64 Å². The number of hydrogen-bond donors (Lipinski definition) is 1. The van der Waals surface area contributed by atoms with Crippen LogP contribution in [0.15, 0.2) is 69.0 Å². The minimum absolute atomic E-state index is 0.0194. The standard InChI is InChI=1S/C22H20N2O6/c1-3-9-28-15-7-4-6-14(12-15)19-18(20(25)16-8-5-10-29-16)21(26)22(27)24(19)17-11-13(2)30-23-17/h4-8,10-12,19,26H,3,9H2,1-2H3/t19-/m0/s1. The Morgan fingerprint density at radius 3 is 2.77 bits per heavy atom. The Morgan fingerprint density at radius 2 is 2.10 bits per heavy atom. The zero-order valence-corrected chi connectivity index (χ0v) is 16.5. The molecule has 0 saturated carbocycles. The van der Waals surface area contributed by atoms with Crippen LogP contribution in [0.25, 0.3) is 0 Å². The maximum atomic E-state index is 13.1. The Hall–Kier alpha value is -3.81. The van der Waals surface area contributed by atoms with Crippen molar-refractivity contribution in [1.82, 2.24) is 5.16 Å². The zero-order valence-electron chi connectivity index (χ0n) is 16.5. The number of nitrogens with zero attached hydrogens (tertiary/aromatic N) is 2. The summed E-state index contributed by atoms with van der Waals surface area (Å²) in [4.78, 5) is 27.3. The number of carbonyl (C=O) groups excluding carboxylic acids is 2. The number of benzene rings is 1. The lowest BCUT2D eigenvalue weighted by atomic mass is 9.95. The molecule has 8 heteroatoms. The van der Waals surface area contributed by atoms with Gasteiger partial charge in [0.2, 0.25) is 5.78 Å². The first-order chi connectivity index (χ1) is 14.5. The third kappa shape index (κ3) is 3.36. The molecule has 0 radical (unpaired) electrons. The first-order valence-electron chi connectivity index (χ1n) is 9.52. The van der Waals surface area contributed by atoms with Gasteiger partial charge in [-0.25, -0.2) is 0 Å². The van der Waals surface area contributed by atoms with E-state index < -0.39 is 23.5 Å². The number of anilines is 1. The number of rotatable bonds is 7. The molecule has 1 N–H and O–H groups in total. The summed E-state index contributed by atoms with van der Waals surface area (Å²) in [7, 11) is 0. The first-order valence-corrected chi connectivity index (χ1v) is 9.52. The Balaban J connectivity index is 1.84. The predicted octanol–water partition coefficient (Wildman–Crippen LogP) is 4.15. The highest BCUT2D eigenvalue weighted by Gasteiger charge is 2.46. The van der Waals surface area contributed by atoms with Crippen molar-refractivity contribution in [3.63, 3.8) is 0 Å². The molecule has 0 saturated heterocycles. The smallest absolute Gasteiger partial charge is 0.295 e. The molecule has 0 fully saturated rings. The van der Waals surface area contributed by atoms with Crippen LogP contribution in [-0.2, 0) is 4.79 Å². The van der Waals surface area contributed by atoms with Gasteiger partial charge in [0.15, 0.2) is 17.3 Å². The van der Waals surface area contributed by atoms with E-state index in [1.807, 2.05) is 6.92 Å². The van der Waals surface area contributed by atoms with Crippen molar-refractivity contribution in [2.24, 2.45) is 0 Å². The van der Waals surface area contributed by atoms with Gasteiger partial charge in [0.1, 0.15) is 11.5 Å². The normalized spacial score (nSPS) is 16.4. The summed E-state index contributed by atoms with van der Waals surface area (Å²) in [5.41, 5.74) is 0.486. The first kappa shape index (κ1) is 19.5. The van der Waals surface area contributed by atoms with Crippen molar-refractivity contribution >= 4 is 17.5 Å². The maximum Gasteiger partial charge on any atom is 0.295 e. The molecule has 1 atom stereocenters. The maximum absolute atomic E-state index is 13.1. The van der Waals surface area contributed by atoms with Crippen molar-refractivity contribution in [1.29, 1.82) is 0 Å². The van der Waals surface area contributed by atoms with E-state index in [1.54, 1.807) is 43.3 Å². The Kier molecular flexibility index (Phi) is 5.14. The van der Waals surface area contributed by atoms with Crippen LogP contribution in [0.1, 0.15) is 41.3 Å². The minimum Gasteiger partial charge on any atom is -0.503 e. The quantitative estimate of drug-likeness (QED) is 0.585. The van der Waals surface area contributed by atoms with Crippen molar-refractivity contribution < 1.29 is 28.4 Å². The van der Waals surface area contributed by atoms with Gasteiger partial charge in [0, 0.05) is 6.07 Å². The van der Waals surface area contributed by atoms with Gasteiger partial charge in [-0.05, 0) is 43.2 Å². The molecule has 0 spiro atoms. The van der Waals surface area contributed by atoms with Crippen molar-refractivity contribution in [2.75, 3.05) is 11.5 Å². The van der Waals surface area contributed by atoms with Crippen LogP contribution >= 0.6 is 0 Å². The number of aromatic nitrogens is 1. The van der Waals surface area contributed by atoms with E-state index in [0.717, 1.165) is 6.42 Å². The second kappa shape index (κ2) is 7.90. The zero-order chi connectivity index (χ0) is 21.3. The van der Waals surface area contributed by atoms with Crippen LogP contribution in [0.4, 0.5) is 5.82 Å². The number of furan rings is 1. The second-order valence-corrected chi connectivity index (χ2v) is 6.86. The van der Waals surface area contributed by atoms with Crippen LogP contribution in [0, 0.1) is 6.92 Å². The molecule has 2 aromatic heterocycles. The highest BCUT2D eigenvalue weighted by Crippen LogP contribution is 2.42. The van der Waals surface area contributed by atoms with Crippen LogP contribution in [0.5, 0.6) is 5.75 Å². The number of carbonyl (C=O) groups is 2. The molecule has 0 aliphatic carbocycles. The monoisotopic (exact) mass is 408 g/mol. The van der Waals surface area contributed by atoms with Crippen molar-refractivity contribution in [2.45, 2.75) is 26.3 Å². The Bertz CT molecular complexity index is 1110. The van der Waals surface area contributed by atoms with Gasteiger partial charge in [-0.3, -0.25) is 14.5 Å². The van der Waals surface area contributed by atoms with Crippen molar-refractivity contribution in [3.05, 3.63) is 77.1 Å². The average Bonchev–Trinajstić information content (AvgIpc) is 3.47. The van der Waals surface area contributed by atoms with E-state index in [-0.39, 0.29) is 17.2 Å². The largest absolute Gasteiger partial charge is 0.503 e. The fourth-order valence-electron chi connectivity index (χ4n) is 3.39. The number of amides is 1. The number of aryl methyl sites for hydroxylation is 1. The van der Waals surface area contributed by atoms with Crippen LogP contribution in [-0.4, -0.2) is 28.6 Å². The molecule has 3 heterocycles. The predicted molar refractivity (Wildman–Crippen MR) is 106 cm³/mol. The van der Waals surface area contributed by atoms with Gasteiger partial charge in [0.25, 0.3) is 5.91 Å². The van der Waals surface area contributed by atoms with E-state index in [9.17, 15) is 14.7 Å². The van der Waals surface area contributed by atoms with Gasteiger partial charge in [-0.15, -0.1) is 0 Å². The fraction of sp³-hybridized carbons (Fsp3) is 0.227. The van der Waals surface area contributed by atoms with Gasteiger partial charge < -0.3 is 18.8 Å². The molecule has 1 aromatic carbocycles. The molecule has 0 bridgehead atoms. The van der Waals surface area contributed by atoms with E-state index in [1.165, 1.54) is 17.2 Å². The topological polar surface area (TPSA) is 106 Å². The molecule has 8 nitrogen and oxygen atoms in total. The van der Waals surface area contributed by atoms with Gasteiger partial charge in [0.05, 0.1) is 24.5 Å². The summed E-state index contributed by atoms with van der Waals surface area (Å²) in [6, 6.07) is 10.7. The molecule has 3 aromatic rings. The summed E-state index contributed by atoms with van der Waals surface area (Å²) in [6.07, 6.45) is 2.19. The summed E-state index contributed by atoms with van der Waals surface area (Å²) in [5, 5.41) is 14.6. The molecule has 1 aliphatic rings. The highest BCUT2D eigenvalue weighted by molar-refractivity contribution is 6.19. The number of aliphatic hydroxyl groups is 1. The molecule has 1 aliphatic heterocycles. The SMILES string of the molecule is CCCOc1cccc([C@H]2C(C(=O)c3ccco3)=C(O)C(=O)N2c2cc(C)on2)c1. The van der Waals surface area contributed by atoms with E-state index >= 15 is 0 Å². The lowest BCUT2D eigenvalue weighted by Gasteiger charge is -2.24. The van der Waals surface area contributed by atoms with Gasteiger partial charge in [-0.1, -0.05) is 24.2 Å². The lowest BCUT2D eigenvalue weighted by Crippen LogP contribution is -2.31. The number of hydrogen-bond acceptors (Lipinski definition) is 7. The number of ketones is 1. The van der Waals surface area contributed by atoms with E-state index in [0.29, 0.717) is 23.7 Å². The highest BCUT2D eigenvalue weighted by atomic mass is 16.5. The van der Waals surface area contributed by atoms with Crippen molar-refractivity contribution in [3.8, 4) is 5.75 Å². The number of Topliss-reactive ketones (excluding diaryl/α,β-unsaturated/α-hetero) is 1.